The van der Waals surface area contributed by atoms with Crippen molar-refractivity contribution in [2.75, 3.05) is 18.0 Å². The fourth-order valence-electron chi connectivity index (χ4n) is 2.31. The van der Waals surface area contributed by atoms with E-state index in [1.165, 1.54) is 12.8 Å². The molecule has 0 amide bonds. The lowest BCUT2D eigenvalue weighted by Gasteiger charge is -2.16. The molecule has 1 aromatic heterocycles. The molecular weight excluding hydrogens is 325 g/mol. The molecule has 2 aromatic rings. The molecule has 2 heterocycles. The van der Waals surface area contributed by atoms with Crippen LogP contribution in [-0.4, -0.2) is 23.1 Å². The Hall–Kier alpha value is -0.970. The Bertz CT molecular complexity index is 630. The van der Waals surface area contributed by atoms with Crippen molar-refractivity contribution < 1.29 is 0 Å². The summed E-state index contributed by atoms with van der Waals surface area (Å²) >= 11 is 13.6. The summed E-state index contributed by atoms with van der Waals surface area (Å²) in [4.78, 5) is 11.0. The summed E-state index contributed by atoms with van der Waals surface area (Å²) in [7, 11) is 0. The van der Waals surface area contributed by atoms with E-state index >= 15 is 0 Å². The summed E-state index contributed by atoms with van der Waals surface area (Å²) in [6, 6.07) is 7.78. The first-order chi connectivity index (χ1) is 10.2. The molecule has 0 unspecified atom stereocenters. The zero-order valence-corrected chi connectivity index (χ0v) is 13.8. The maximum absolute atomic E-state index is 6.03. The van der Waals surface area contributed by atoms with E-state index in [2.05, 4.69) is 20.9 Å². The quantitative estimate of drug-likeness (QED) is 0.597. The number of rotatable bonds is 4. The molecule has 1 saturated heterocycles. The number of halogens is 2. The van der Waals surface area contributed by atoms with E-state index < -0.39 is 0 Å². The molecule has 1 aromatic carbocycles. The van der Waals surface area contributed by atoms with E-state index in [1.807, 2.05) is 18.2 Å². The molecule has 0 saturated carbocycles. The highest BCUT2D eigenvalue weighted by Gasteiger charge is 2.14. The lowest BCUT2D eigenvalue weighted by Crippen LogP contribution is -2.18. The van der Waals surface area contributed by atoms with Gasteiger partial charge in [-0.25, -0.2) is 9.97 Å². The molecule has 0 bridgehead atoms. The summed E-state index contributed by atoms with van der Waals surface area (Å²) in [5.41, 5.74) is 1.13. The maximum atomic E-state index is 6.03. The largest absolute Gasteiger partial charge is 0.356 e. The Labute approximate surface area is 138 Å². The van der Waals surface area contributed by atoms with Gasteiger partial charge in [-0.15, -0.1) is 11.8 Å². The van der Waals surface area contributed by atoms with E-state index in [4.69, 9.17) is 23.2 Å². The van der Waals surface area contributed by atoms with Gasteiger partial charge in [-0.1, -0.05) is 29.3 Å². The first kappa shape index (κ1) is 14.9. The van der Waals surface area contributed by atoms with Crippen LogP contribution in [0.25, 0.3) is 0 Å². The Kier molecular flexibility index (Phi) is 4.88. The van der Waals surface area contributed by atoms with Crippen LogP contribution in [-0.2, 0) is 5.75 Å². The third-order valence-electron chi connectivity index (χ3n) is 3.43. The molecule has 1 aliphatic rings. The van der Waals surface area contributed by atoms with Crippen LogP contribution >= 0.6 is 35.0 Å². The molecule has 3 nitrogen and oxygen atoms in total. The minimum atomic E-state index is 0.587. The van der Waals surface area contributed by atoms with E-state index in [9.17, 15) is 0 Å². The van der Waals surface area contributed by atoms with Crippen molar-refractivity contribution in [2.24, 2.45) is 0 Å². The summed E-state index contributed by atoms with van der Waals surface area (Å²) < 4.78 is 0. The molecule has 1 fully saturated rings. The van der Waals surface area contributed by atoms with Crippen molar-refractivity contribution in [3.8, 4) is 0 Å². The number of thioether (sulfide) groups is 1. The van der Waals surface area contributed by atoms with Gasteiger partial charge in [-0.2, -0.15) is 0 Å². The van der Waals surface area contributed by atoms with Crippen LogP contribution in [0.3, 0.4) is 0 Å². The van der Waals surface area contributed by atoms with Crippen LogP contribution in [0.5, 0.6) is 0 Å². The molecule has 21 heavy (non-hydrogen) atoms. The SMILES string of the molecule is Clc1ccc(CSc2cc(N3CCCC3)ncn2)cc1Cl. The number of anilines is 1. The van der Waals surface area contributed by atoms with Crippen molar-refractivity contribution in [1.29, 1.82) is 0 Å². The number of benzene rings is 1. The fourth-order valence-corrected chi connectivity index (χ4v) is 3.44. The Morgan fingerprint density at radius 2 is 1.86 bits per heavy atom. The number of hydrogen-bond donors (Lipinski definition) is 0. The van der Waals surface area contributed by atoms with Crippen molar-refractivity contribution in [3.63, 3.8) is 0 Å². The molecule has 110 valence electrons. The van der Waals surface area contributed by atoms with E-state index in [0.717, 1.165) is 35.2 Å². The third kappa shape index (κ3) is 3.82. The highest BCUT2D eigenvalue weighted by Crippen LogP contribution is 2.28. The van der Waals surface area contributed by atoms with Gasteiger partial charge in [0.1, 0.15) is 17.2 Å². The van der Waals surface area contributed by atoms with Crippen LogP contribution in [0.15, 0.2) is 35.6 Å². The summed E-state index contributed by atoms with van der Waals surface area (Å²) in [6.45, 7) is 2.18. The maximum Gasteiger partial charge on any atom is 0.133 e. The Morgan fingerprint density at radius 3 is 2.62 bits per heavy atom. The van der Waals surface area contributed by atoms with Gasteiger partial charge in [-0.3, -0.25) is 0 Å². The predicted octanol–water partition coefficient (Wildman–Crippen LogP) is 4.68. The topological polar surface area (TPSA) is 29.0 Å². The Morgan fingerprint density at radius 1 is 1.05 bits per heavy atom. The van der Waals surface area contributed by atoms with Crippen molar-refractivity contribution in [1.82, 2.24) is 9.97 Å². The van der Waals surface area contributed by atoms with Crippen molar-refractivity contribution >= 4 is 40.8 Å². The van der Waals surface area contributed by atoms with Gasteiger partial charge in [-0.05, 0) is 30.5 Å². The second-order valence-electron chi connectivity index (χ2n) is 4.95. The second kappa shape index (κ2) is 6.86. The lowest BCUT2D eigenvalue weighted by molar-refractivity contribution is 0.908. The predicted molar refractivity (Wildman–Crippen MR) is 89.5 cm³/mol. The number of nitrogens with zero attached hydrogens (tertiary/aromatic N) is 3. The van der Waals surface area contributed by atoms with Crippen LogP contribution in [0.4, 0.5) is 5.82 Å². The zero-order chi connectivity index (χ0) is 14.7. The first-order valence-electron chi connectivity index (χ1n) is 6.86. The van der Waals surface area contributed by atoms with Gasteiger partial charge >= 0.3 is 0 Å². The van der Waals surface area contributed by atoms with Crippen LogP contribution in [0.2, 0.25) is 10.0 Å². The summed E-state index contributed by atoms with van der Waals surface area (Å²) in [5.74, 6) is 1.84. The van der Waals surface area contributed by atoms with Gasteiger partial charge < -0.3 is 4.90 Å². The molecular formula is C15H15Cl2N3S. The lowest BCUT2D eigenvalue weighted by atomic mass is 10.2. The minimum absolute atomic E-state index is 0.587. The van der Waals surface area contributed by atoms with E-state index in [1.54, 1.807) is 18.1 Å². The van der Waals surface area contributed by atoms with Crippen molar-refractivity contribution in [3.05, 3.63) is 46.2 Å². The van der Waals surface area contributed by atoms with E-state index in [-0.39, 0.29) is 0 Å². The average molecular weight is 340 g/mol. The highest BCUT2D eigenvalue weighted by atomic mass is 35.5. The molecule has 0 aliphatic carbocycles. The summed E-state index contributed by atoms with van der Waals surface area (Å²) in [6.07, 6.45) is 4.14. The normalized spacial score (nSPS) is 14.7. The molecule has 0 N–H and O–H groups in total. The van der Waals surface area contributed by atoms with Crippen LogP contribution in [0, 0.1) is 0 Å². The Balaban J connectivity index is 1.67. The van der Waals surface area contributed by atoms with Gasteiger partial charge in [0.25, 0.3) is 0 Å². The molecule has 0 radical (unpaired) electrons. The average Bonchev–Trinajstić information content (AvgIpc) is 3.03. The molecule has 0 atom stereocenters. The standard InChI is InChI=1S/C15H15Cl2N3S/c16-12-4-3-11(7-13(12)17)9-21-15-8-14(18-10-19-15)20-5-1-2-6-20/h3-4,7-8,10H,1-2,5-6,9H2. The third-order valence-corrected chi connectivity index (χ3v) is 5.16. The zero-order valence-electron chi connectivity index (χ0n) is 11.4. The first-order valence-corrected chi connectivity index (χ1v) is 8.60. The molecule has 6 heteroatoms. The monoisotopic (exact) mass is 339 g/mol. The van der Waals surface area contributed by atoms with Crippen LogP contribution < -0.4 is 4.90 Å². The number of hydrogen-bond acceptors (Lipinski definition) is 4. The fraction of sp³-hybridized carbons (Fsp3) is 0.333. The smallest absolute Gasteiger partial charge is 0.133 e. The van der Waals surface area contributed by atoms with Gasteiger partial charge in [0.2, 0.25) is 0 Å². The molecule has 0 spiro atoms. The molecule has 3 rings (SSSR count). The minimum Gasteiger partial charge on any atom is -0.356 e. The van der Waals surface area contributed by atoms with E-state index in [0.29, 0.717) is 10.0 Å². The summed E-state index contributed by atoms with van der Waals surface area (Å²) in [5, 5.41) is 2.16. The second-order valence-corrected chi connectivity index (χ2v) is 6.76. The van der Waals surface area contributed by atoms with Gasteiger partial charge in [0, 0.05) is 24.9 Å². The van der Waals surface area contributed by atoms with Gasteiger partial charge in [0.15, 0.2) is 0 Å². The van der Waals surface area contributed by atoms with Gasteiger partial charge in [0.05, 0.1) is 10.0 Å². The van der Waals surface area contributed by atoms with Crippen molar-refractivity contribution in [2.45, 2.75) is 23.6 Å². The van der Waals surface area contributed by atoms with Crippen LogP contribution in [0.1, 0.15) is 18.4 Å². The number of aromatic nitrogens is 2. The molecule has 1 aliphatic heterocycles. The highest BCUT2D eigenvalue weighted by molar-refractivity contribution is 7.98.